The van der Waals surface area contributed by atoms with Crippen LogP contribution in [-0.4, -0.2) is 10.9 Å². The van der Waals surface area contributed by atoms with E-state index in [0.717, 1.165) is 11.8 Å². The fourth-order valence-electron chi connectivity index (χ4n) is 1.43. The molecule has 0 bridgehead atoms. The molecule has 18 heavy (non-hydrogen) atoms. The van der Waals surface area contributed by atoms with E-state index in [0.29, 0.717) is 17.1 Å². The summed E-state index contributed by atoms with van der Waals surface area (Å²) in [6, 6.07) is 8.08. The van der Waals surface area contributed by atoms with Gasteiger partial charge in [-0.15, -0.1) is 11.6 Å². The number of aromatic nitrogens is 1. The van der Waals surface area contributed by atoms with Crippen LogP contribution < -0.4 is 5.32 Å². The van der Waals surface area contributed by atoms with Crippen molar-refractivity contribution in [2.24, 2.45) is 0 Å². The molecule has 2 rings (SSSR count). The van der Waals surface area contributed by atoms with E-state index in [1.165, 1.54) is 12.3 Å². The van der Waals surface area contributed by atoms with Crippen LogP contribution in [0.4, 0.5) is 10.1 Å². The number of alkyl halides is 1. The largest absolute Gasteiger partial charge is 0.320 e. The molecule has 1 aromatic heterocycles. The highest BCUT2D eigenvalue weighted by Crippen LogP contribution is 2.11. The summed E-state index contributed by atoms with van der Waals surface area (Å²) in [6.07, 6.45) is 2.46. The van der Waals surface area contributed by atoms with E-state index in [1.54, 1.807) is 24.3 Å². The number of hydrogen-bond acceptors (Lipinski definition) is 2. The van der Waals surface area contributed by atoms with Crippen molar-refractivity contribution < 1.29 is 9.18 Å². The highest BCUT2D eigenvalue weighted by molar-refractivity contribution is 6.17. The Bertz CT molecular complexity index is 557. The predicted molar refractivity (Wildman–Crippen MR) is 68.1 cm³/mol. The Morgan fingerprint density at radius 1 is 1.28 bits per heavy atom. The lowest BCUT2D eigenvalue weighted by Crippen LogP contribution is -2.12. The molecule has 2 aromatic rings. The van der Waals surface area contributed by atoms with Crippen LogP contribution in [0.3, 0.4) is 0 Å². The zero-order chi connectivity index (χ0) is 13.0. The van der Waals surface area contributed by atoms with E-state index < -0.39 is 5.82 Å². The van der Waals surface area contributed by atoms with Crippen LogP contribution >= 0.6 is 11.6 Å². The molecule has 0 aliphatic carbocycles. The van der Waals surface area contributed by atoms with Crippen LogP contribution in [-0.2, 0) is 5.88 Å². The maximum Gasteiger partial charge on any atom is 0.255 e. The molecule has 0 saturated carbocycles. The molecular formula is C13H10ClFN2O. The van der Waals surface area contributed by atoms with Crippen molar-refractivity contribution in [3.05, 3.63) is 59.7 Å². The van der Waals surface area contributed by atoms with Gasteiger partial charge < -0.3 is 5.32 Å². The highest BCUT2D eigenvalue weighted by atomic mass is 35.5. The maximum absolute atomic E-state index is 12.9. The van der Waals surface area contributed by atoms with E-state index in [1.807, 2.05) is 0 Å². The van der Waals surface area contributed by atoms with Crippen LogP contribution in [0.5, 0.6) is 0 Å². The summed E-state index contributed by atoms with van der Waals surface area (Å²) in [6.45, 7) is 0. The lowest BCUT2D eigenvalue weighted by molar-refractivity contribution is 0.102. The first kappa shape index (κ1) is 12.5. The Balaban J connectivity index is 2.11. The Morgan fingerprint density at radius 2 is 2.00 bits per heavy atom. The van der Waals surface area contributed by atoms with E-state index in [4.69, 9.17) is 11.6 Å². The SMILES string of the molecule is O=C(Nc1cncc(F)c1)c1ccc(CCl)cc1. The number of rotatable bonds is 3. The van der Waals surface area contributed by atoms with Crippen LogP contribution in [0.15, 0.2) is 42.7 Å². The van der Waals surface area contributed by atoms with E-state index in [2.05, 4.69) is 10.3 Å². The molecule has 0 atom stereocenters. The van der Waals surface area contributed by atoms with E-state index in [9.17, 15) is 9.18 Å². The first-order valence-corrected chi connectivity index (χ1v) is 5.79. The number of anilines is 1. The third kappa shape index (κ3) is 3.05. The topological polar surface area (TPSA) is 42.0 Å². The molecule has 0 spiro atoms. The quantitative estimate of drug-likeness (QED) is 0.865. The Hall–Kier alpha value is -1.94. The number of nitrogens with zero attached hydrogens (tertiary/aromatic N) is 1. The van der Waals surface area contributed by atoms with Gasteiger partial charge in [-0.2, -0.15) is 0 Å². The monoisotopic (exact) mass is 264 g/mol. The van der Waals surface area contributed by atoms with Gasteiger partial charge in [0.2, 0.25) is 0 Å². The molecule has 0 radical (unpaired) electrons. The molecule has 0 unspecified atom stereocenters. The molecule has 3 nitrogen and oxygen atoms in total. The molecule has 1 amide bonds. The van der Waals surface area contributed by atoms with Crippen molar-refractivity contribution in [2.75, 3.05) is 5.32 Å². The second kappa shape index (κ2) is 5.60. The van der Waals surface area contributed by atoms with Crippen LogP contribution in [0.2, 0.25) is 0 Å². The number of nitrogens with one attached hydrogen (secondary N) is 1. The fraction of sp³-hybridized carbons (Fsp3) is 0.0769. The van der Waals surface area contributed by atoms with Crippen LogP contribution in [0.1, 0.15) is 15.9 Å². The normalized spacial score (nSPS) is 10.1. The molecule has 1 aromatic carbocycles. The number of halogens is 2. The van der Waals surface area contributed by atoms with Gasteiger partial charge in [-0.25, -0.2) is 4.39 Å². The third-order valence-electron chi connectivity index (χ3n) is 2.33. The smallest absolute Gasteiger partial charge is 0.255 e. The minimum Gasteiger partial charge on any atom is -0.320 e. The Labute approximate surface area is 109 Å². The predicted octanol–water partition coefficient (Wildman–Crippen LogP) is 3.21. The Kier molecular flexibility index (Phi) is 3.89. The van der Waals surface area contributed by atoms with Crippen molar-refractivity contribution in [1.82, 2.24) is 4.98 Å². The van der Waals surface area contributed by atoms with Gasteiger partial charge in [0.05, 0.1) is 18.1 Å². The number of pyridine rings is 1. The lowest BCUT2D eigenvalue weighted by atomic mass is 10.1. The van der Waals surface area contributed by atoms with Crippen molar-refractivity contribution in [1.29, 1.82) is 0 Å². The second-order valence-electron chi connectivity index (χ2n) is 3.68. The number of carbonyl (C=O) groups is 1. The standard InChI is InChI=1S/C13H10ClFN2O/c14-6-9-1-3-10(4-2-9)13(18)17-12-5-11(15)7-16-8-12/h1-5,7-8H,6H2,(H,17,18). The third-order valence-corrected chi connectivity index (χ3v) is 2.64. The summed E-state index contributed by atoms with van der Waals surface area (Å²) in [5, 5.41) is 2.56. The zero-order valence-corrected chi connectivity index (χ0v) is 10.1. The molecular weight excluding hydrogens is 255 g/mol. The number of hydrogen-bond donors (Lipinski definition) is 1. The second-order valence-corrected chi connectivity index (χ2v) is 3.94. The first-order chi connectivity index (χ1) is 8.69. The average molecular weight is 265 g/mol. The summed E-state index contributed by atoms with van der Waals surface area (Å²) >= 11 is 5.66. The molecule has 92 valence electrons. The molecule has 0 fully saturated rings. The van der Waals surface area contributed by atoms with Gasteiger partial charge in [-0.3, -0.25) is 9.78 Å². The van der Waals surface area contributed by atoms with Crippen molar-refractivity contribution in [3.63, 3.8) is 0 Å². The summed E-state index contributed by atoms with van der Waals surface area (Å²) in [7, 11) is 0. The number of amides is 1. The van der Waals surface area contributed by atoms with Crippen LogP contribution in [0, 0.1) is 5.82 Å². The highest BCUT2D eigenvalue weighted by Gasteiger charge is 2.06. The van der Waals surface area contributed by atoms with Gasteiger partial charge in [0, 0.05) is 17.5 Å². The van der Waals surface area contributed by atoms with Gasteiger partial charge in [0.1, 0.15) is 5.82 Å². The minimum absolute atomic E-state index is 0.316. The summed E-state index contributed by atoms with van der Waals surface area (Å²) in [5.74, 6) is -0.413. The van der Waals surface area contributed by atoms with Crippen LogP contribution in [0.25, 0.3) is 0 Å². The fourth-order valence-corrected chi connectivity index (χ4v) is 1.61. The van der Waals surface area contributed by atoms with Crippen molar-refractivity contribution in [3.8, 4) is 0 Å². The first-order valence-electron chi connectivity index (χ1n) is 5.26. The van der Waals surface area contributed by atoms with Gasteiger partial charge in [0.15, 0.2) is 0 Å². The minimum atomic E-state index is -0.495. The molecule has 0 aliphatic rings. The van der Waals surface area contributed by atoms with Gasteiger partial charge >= 0.3 is 0 Å². The van der Waals surface area contributed by atoms with Crippen molar-refractivity contribution in [2.45, 2.75) is 5.88 Å². The van der Waals surface area contributed by atoms with Crippen molar-refractivity contribution >= 4 is 23.2 Å². The van der Waals surface area contributed by atoms with E-state index >= 15 is 0 Å². The maximum atomic E-state index is 12.9. The van der Waals surface area contributed by atoms with Gasteiger partial charge in [-0.05, 0) is 17.7 Å². The number of benzene rings is 1. The molecule has 0 aliphatic heterocycles. The number of carbonyl (C=O) groups excluding carboxylic acids is 1. The summed E-state index contributed by atoms with van der Waals surface area (Å²) in [5.41, 5.74) is 1.73. The molecule has 5 heteroatoms. The zero-order valence-electron chi connectivity index (χ0n) is 9.36. The molecule has 1 heterocycles. The molecule has 1 N–H and O–H groups in total. The van der Waals surface area contributed by atoms with Gasteiger partial charge in [0.25, 0.3) is 5.91 Å². The lowest BCUT2D eigenvalue weighted by Gasteiger charge is -2.05. The summed E-state index contributed by atoms with van der Waals surface area (Å²) in [4.78, 5) is 15.5. The Morgan fingerprint density at radius 3 is 2.61 bits per heavy atom. The van der Waals surface area contributed by atoms with Gasteiger partial charge in [-0.1, -0.05) is 12.1 Å². The molecule has 0 saturated heterocycles. The summed E-state index contributed by atoms with van der Waals surface area (Å²) < 4.78 is 12.9. The average Bonchev–Trinajstić information content (AvgIpc) is 2.39. The van der Waals surface area contributed by atoms with E-state index in [-0.39, 0.29) is 5.91 Å².